The molecule has 0 atom stereocenters. The van der Waals surface area contributed by atoms with Crippen molar-refractivity contribution in [2.75, 3.05) is 19.7 Å². The zero-order chi connectivity index (χ0) is 11.9. The Labute approximate surface area is 103 Å². The Bertz CT molecular complexity index is 410. The Morgan fingerprint density at radius 2 is 2.06 bits per heavy atom. The molecule has 0 amide bonds. The van der Waals surface area contributed by atoms with Gasteiger partial charge in [0.2, 0.25) is 0 Å². The normalized spacial score (nSPS) is 15.6. The lowest BCUT2D eigenvalue weighted by Gasteiger charge is -2.14. The molecular weight excluding hydrogens is 210 g/mol. The maximum Gasteiger partial charge on any atom is 0.0540 e. The zero-order valence-corrected chi connectivity index (χ0v) is 10.2. The summed E-state index contributed by atoms with van der Waals surface area (Å²) in [6.45, 7) is 3.62. The molecule has 1 aromatic carbocycles. The fourth-order valence-electron chi connectivity index (χ4n) is 2.17. The van der Waals surface area contributed by atoms with Crippen LogP contribution in [0, 0.1) is 11.8 Å². The lowest BCUT2D eigenvalue weighted by Crippen LogP contribution is -2.18. The lowest BCUT2D eigenvalue weighted by atomic mass is 10.1. The Balaban J connectivity index is 1.98. The maximum absolute atomic E-state index is 8.68. The second-order valence-electron chi connectivity index (χ2n) is 4.46. The highest BCUT2D eigenvalue weighted by molar-refractivity contribution is 5.37. The van der Waals surface area contributed by atoms with Crippen molar-refractivity contribution < 1.29 is 5.11 Å². The molecule has 0 saturated carbocycles. The molecule has 0 bridgehead atoms. The molecular formula is C15H19NO. The summed E-state index contributed by atoms with van der Waals surface area (Å²) in [6, 6.07) is 8.41. The zero-order valence-electron chi connectivity index (χ0n) is 10.2. The van der Waals surface area contributed by atoms with Gasteiger partial charge in [-0.1, -0.05) is 24.0 Å². The van der Waals surface area contributed by atoms with Gasteiger partial charge in [-0.2, -0.15) is 0 Å². The molecule has 1 heterocycles. The van der Waals surface area contributed by atoms with Gasteiger partial charge in [0.25, 0.3) is 0 Å². The van der Waals surface area contributed by atoms with E-state index in [1.807, 2.05) is 6.07 Å². The molecule has 1 aliphatic rings. The summed E-state index contributed by atoms with van der Waals surface area (Å²) < 4.78 is 0. The van der Waals surface area contributed by atoms with Crippen LogP contribution in [-0.2, 0) is 6.54 Å². The molecule has 1 fully saturated rings. The van der Waals surface area contributed by atoms with E-state index in [1.54, 1.807) is 0 Å². The van der Waals surface area contributed by atoms with Crippen molar-refractivity contribution in [2.24, 2.45) is 0 Å². The first-order chi connectivity index (χ1) is 8.38. The van der Waals surface area contributed by atoms with Gasteiger partial charge in [-0.05, 0) is 43.6 Å². The van der Waals surface area contributed by atoms with Crippen LogP contribution >= 0.6 is 0 Å². The largest absolute Gasteiger partial charge is 0.395 e. The second kappa shape index (κ2) is 6.44. The molecule has 0 spiro atoms. The molecule has 1 saturated heterocycles. The van der Waals surface area contributed by atoms with Gasteiger partial charge in [0.15, 0.2) is 0 Å². The molecule has 2 heteroatoms. The number of aliphatic hydroxyl groups is 1. The molecule has 2 rings (SSSR count). The van der Waals surface area contributed by atoms with Gasteiger partial charge in [-0.3, -0.25) is 4.90 Å². The summed E-state index contributed by atoms with van der Waals surface area (Å²) >= 11 is 0. The SMILES string of the molecule is OCCC#Cc1cccc(CN2CCCC2)c1. The Morgan fingerprint density at radius 1 is 1.24 bits per heavy atom. The van der Waals surface area contributed by atoms with Crippen molar-refractivity contribution in [3.8, 4) is 11.8 Å². The fraction of sp³-hybridized carbons (Fsp3) is 0.467. The molecule has 1 N–H and O–H groups in total. The Kier molecular flexibility index (Phi) is 4.61. The topological polar surface area (TPSA) is 23.5 Å². The van der Waals surface area contributed by atoms with E-state index in [0.717, 1.165) is 12.1 Å². The summed E-state index contributed by atoms with van der Waals surface area (Å²) in [5.74, 6) is 6.04. The third-order valence-corrected chi connectivity index (χ3v) is 3.00. The third-order valence-electron chi connectivity index (χ3n) is 3.00. The summed E-state index contributed by atoms with van der Waals surface area (Å²) in [6.07, 6.45) is 3.21. The van der Waals surface area contributed by atoms with Gasteiger partial charge >= 0.3 is 0 Å². The van der Waals surface area contributed by atoms with Crippen LogP contribution in [0.25, 0.3) is 0 Å². The Hall–Kier alpha value is -1.30. The first kappa shape index (κ1) is 12.2. The monoisotopic (exact) mass is 229 g/mol. The molecule has 1 aromatic rings. The van der Waals surface area contributed by atoms with E-state index >= 15 is 0 Å². The Morgan fingerprint density at radius 3 is 2.82 bits per heavy atom. The van der Waals surface area contributed by atoms with Crippen LogP contribution in [0.5, 0.6) is 0 Å². The van der Waals surface area contributed by atoms with Crippen molar-refractivity contribution in [1.29, 1.82) is 0 Å². The summed E-state index contributed by atoms with van der Waals surface area (Å²) in [5, 5.41) is 8.68. The van der Waals surface area contributed by atoms with Crippen molar-refractivity contribution >= 4 is 0 Å². The van der Waals surface area contributed by atoms with Crippen molar-refractivity contribution in [1.82, 2.24) is 4.90 Å². The molecule has 0 unspecified atom stereocenters. The minimum Gasteiger partial charge on any atom is -0.395 e. The lowest BCUT2D eigenvalue weighted by molar-refractivity contribution is 0.305. The van der Waals surface area contributed by atoms with Crippen LogP contribution in [0.15, 0.2) is 24.3 Å². The van der Waals surface area contributed by atoms with E-state index < -0.39 is 0 Å². The quantitative estimate of drug-likeness (QED) is 0.802. The predicted molar refractivity (Wildman–Crippen MR) is 69.5 cm³/mol. The first-order valence-corrected chi connectivity index (χ1v) is 6.29. The highest BCUT2D eigenvalue weighted by Crippen LogP contribution is 2.13. The van der Waals surface area contributed by atoms with Crippen molar-refractivity contribution in [3.63, 3.8) is 0 Å². The van der Waals surface area contributed by atoms with Crippen molar-refractivity contribution in [2.45, 2.75) is 25.8 Å². The first-order valence-electron chi connectivity index (χ1n) is 6.29. The average molecular weight is 229 g/mol. The van der Waals surface area contributed by atoms with Crippen molar-refractivity contribution in [3.05, 3.63) is 35.4 Å². The van der Waals surface area contributed by atoms with E-state index in [9.17, 15) is 0 Å². The minimum absolute atomic E-state index is 0.139. The van der Waals surface area contributed by atoms with Gasteiger partial charge in [0, 0.05) is 18.5 Å². The molecule has 0 aliphatic carbocycles. The number of hydrogen-bond donors (Lipinski definition) is 1. The smallest absolute Gasteiger partial charge is 0.0540 e. The number of aliphatic hydroxyl groups excluding tert-OH is 1. The van der Waals surface area contributed by atoms with Gasteiger partial charge in [-0.15, -0.1) is 0 Å². The standard InChI is InChI=1S/C15H19NO/c17-11-4-1-6-14-7-5-8-15(12-14)13-16-9-2-3-10-16/h5,7-8,12,17H,2-4,9-11,13H2. The molecule has 1 aliphatic heterocycles. The van der Waals surface area contributed by atoms with Crippen LogP contribution < -0.4 is 0 Å². The second-order valence-corrected chi connectivity index (χ2v) is 4.46. The van der Waals surface area contributed by atoms with Gasteiger partial charge in [0.05, 0.1) is 6.61 Å². The third kappa shape index (κ3) is 3.89. The highest BCUT2D eigenvalue weighted by Gasteiger charge is 2.11. The molecule has 0 aromatic heterocycles. The number of hydrogen-bond acceptors (Lipinski definition) is 2. The molecule has 2 nitrogen and oxygen atoms in total. The predicted octanol–water partition coefficient (Wildman–Crippen LogP) is 2.02. The molecule has 0 radical (unpaired) electrons. The molecule has 17 heavy (non-hydrogen) atoms. The number of benzene rings is 1. The van der Waals surface area contributed by atoms with E-state index in [1.165, 1.54) is 31.5 Å². The van der Waals surface area contributed by atoms with Crippen LogP contribution in [-0.4, -0.2) is 29.7 Å². The highest BCUT2D eigenvalue weighted by atomic mass is 16.2. The number of likely N-dealkylation sites (tertiary alicyclic amines) is 1. The van der Waals surface area contributed by atoms with Gasteiger partial charge in [0.1, 0.15) is 0 Å². The molecule has 90 valence electrons. The average Bonchev–Trinajstić information content (AvgIpc) is 2.83. The van der Waals surface area contributed by atoms with Crippen LogP contribution in [0.2, 0.25) is 0 Å². The van der Waals surface area contributed by atoms with E-state index in [0.29, 0.717) is 6.42 Å². The summed E-state index contributed by atoms with van der Waals surface area (Å²) in [5.41, 5.74) is 2.39. The van der Waals surface area contributed by atoms with Gasteiger partial charge in [-0.25, -0.2) is 0 Å². The van der Waals surface area contributed by atoms with Crippen LogP contribution in [0.1, 0.15) is 30.4 Å². The van der Waals surface area contributed by atoms with Crippen LogP contribution in [0.3, 0.4) is 0 Å². The number of rotatable bonds is 3. The van der Waals surface area contributed by atoms with E-state index in [4.69, 9.17) is 5.11 Å². The van der Waals surface area contributed by atoms with Crippen LogP contribution in [0.4, 0.5) is 0 Å². The number of nitrogens with zero attached hydrogens (tertiary/aromatic N) is 1. The van der Waals surface area contributed by atoms with E-state index in [-0.39, 0.29) is 6.61 Å². The van der Waals surface area contributed by atoms with E-state index in [2.05, 4.69) is 34.9 Å². The fourth-order valence-corrected chi connectivity index (χ4v) is 2.17. The maximum atomic E-state index is 8.68. The summed E-state index contributed by atoms with van der Waals surface area (Å²) in [7, 11) is 0. The summed E-state index contributed by atoms with van der Waals surface area (Å²) in [4.78, 5) is 2.49. The minimum atomic E-state index is 0.139. The van der Waals surface area contributed by atoms with Gasteiger partial charge < -0.3 is 5.11 Å².